The van der Waals surface area contributed by atoms with E-state index in [1.165, 1.54) is 28.5 Å². The number of pyridine rings is 1. The quantitative estimate of drug-likeness (QED) is 0.586. The minimum absolute atomic E-state index is 0.0215. The Balaban J connectivity index is 1.64. The summed E-state index contributed by atoms with van der Waals surface area (Å²) < 4.78 is 5.84. The number of carbonyl (C=O) groups excluding carboxylic acids is 1. The Labute approximate surface area is 148 Å². The maximum atomic E-state index is 11.8. The topological polar surface area (TPSA) is 51.2 Å². The lowest BCUT2D eigenvalue weighted by molar-refractivity contribution is -0.118. The molecule has 0 bridgehead atoms. The number of nitrogens with zero attached hydrogens (tertiary/aromatic N) is 1. The van der Waals surface area contributed by atoms with Gasteiger partial charge in [-0.15, -0.1) is 0 Å². The number of thioether (sulfide) groups is 1. The van der Waals surface area contributed by atoms with Crippen molar-refractivity contribution in [3.05, 3.63) is 53.2 Å². The lowest BCUT2D eigenvalue weighted by Gasteiger charge is -2.12. The van der Waals surface area contributed by atoms with Crippen LogP contribution in [0.15, 0.2) is 41.6 Å². The summed E-state index contributed by atoms with van der Waals surface area (Å²) in [6, 6.07) is 9.89. The molecule has 0 aliphatic heterocycles. The summed E-state index contributed by atoms with van der Waals surface area (Å²) in [5.41, 5.74) is 3.62. The number of ether oxygens (including phenoxy) is 1. The Morgan fingerprint density at radius 3 is 2.83 bits per heavy atom. The number of benzene rings is 1. The van der Waals surface area contributed by atoms with Gasteiger partial charge in [0.15, 0.2) is 0 Å². The van der Waals surface area contributed by atoms with Gasteiger partial charge in [0.2, 0.25) is 5.91 Å². The van der Waals surface area contributed by atoms with Crippen LogP contribution in [0.1, 0.15) is 23.1 Å². The van der Waals surface area contributed by atoms with Gasteiger partial charge >= 0.3 is 0 Å². The summed E-state index contributed by atoms with van der Waals surface area (Å²) in [5.74, 6) is 1.34. The second-order valence-electron chi connectivity index (χ2n) is 5.71. The number of hydrogen-bond acceptors (Lipinski definition) is 4. The Bertz CT molecular complexity index is 675. The summed E-state index contributed by atoms with van der Waals surface area (Å²) in [5, 5.41) is 3.77. The zero-order chi connectivity index (χ0) is 17.4. The van der Waals surface area contributed by atoms with Crippen molar-refractivity contribution < 1.29 is 9.53 Å². The highest BCUT2D eigenvalue weighted by atomic mass is 32.2. The maximum absolute atomic E-state index is 11.8. The third-order valence-electron chi connectivity index (χ3n) is 3.65. The van der Waals surface area contributed by atoms with Gasteiger partial charge in [0.25, 0.3) is 0 Å². The van der Waals surface area contributed by atoms with Crippen molar-refractivity contribution in [3.8, 4) is 5.75 Å². The number of rotatable bonds is 8. The van der Waals surface area contributed by atoms with Crippen molar-refractivity contribution in [2.75, 3.05) is 18.9 Å². The minimum Gasteiger partial charge on any atom is -0.493 e. The first-order valence-electron chi connectivity index (χ1n) is 8.07. The van der Waals surface area contributed by atoms with Crippen molar-refractivity contribution in [1.29, 1.82) is 0 Å². The highest BCUT2D eigenvalue weighted by molar-refractivity contribution is 7.99. The fourth-order valence-corrected chi connectivity index (χ4v) is 2.95. The fraction of sp³-hybridized carbons (Fsp3) is 0.368. The summed E-state index contributed by atoms with van der Waals surface area (Å²) in [4.78, 5) is 16.0. The number of amides is 1. The molecule has 0 aliphatic carbocycles. The first kappa shape index (κ1) is 18.3. The average Bonchev–Trinajstić information content (AvgIpc) is 2.57. The van der Waals surface area contributed by atoms with Crippen LogP contribution in [0.4, 0.5) is 0 Å². The van der Waals surface area contributed by atoms with Gasteiger partial charge < -0.3 is 10.1 Å². The van der Waals surface area contributed by atoms with Gasteiger partial charge in [-0.05, 0) is 62.1 Å². The largest absolute Gasteiger partial charge is 0.493 e. The Hall–Kier alpha value is -2.01. The predicted molar refractivity (Wildman–Crippen MR) is 98.7 cm³/mol. The molecule has 2 rings (SSSR count). The van der Waals surface area contributed by atoms with E-state index in [0.717, 1.165) is 17.2 Å². The number of hydrogen-bond donors (Lipinski definition) is 1. The molecule has 2 aromatic rings. The molecular weight excluding hydrogens is 320 g/mol. The molecule has 1 aromatic carbocycles. The standard InChI is InChI=1S/C19H24N2O2S/c1-14-11-15(2)16(3)17(12-14)23-10-6-9-20-18(22)13-24-19-7-4-5-8-21-19/h4-5,7-8,11-12H,6,9-10,13H2,1-3H3,(H,20,22). The fourth-order valence-electron chi connectivity index (χ4n) is 2.26. The maximum Gasteiger partial charge on any atom is 0.230 e. The van der Waals surface area contributed by atoms with E-state index in [2.05, 4.69) is 43.2 Å². The molecule has 1 N–H and O–H groups in total. The van der Waals surface area contributed by atoms with Crippen molar-refractivity contribution in [3.63, 3.8) is 0 Å². The average molecular weight is 344 g/mol. The van der Waals surface area contributed by atoms with Crippen LogP contribution in [0.25, 0.3) is 0 Å². The smallest absolute Gasteiger partial charge is 0.230 e. The summed E-state index contributed by atoms with van der Waals surface area (Å²) >= 11 is 1.44. The monoisotopic (exact) mass is 344 g/mol. The van der Waals surface area contributed by atoms with Crippen molar-refractivity contribution in [2.24, 2.45) is 0 Å². The highest BCUT2D eigenvalue weighted by Gasteiger charge is 2.05. The van der Waals surface area contributed by atoms with Gasteiger partial charge in [0.05, 0.1) is 17.4 Å². The normalized spacial score (nSPS) is 10.5. The van der Waals surface area contributed by atoms with Crippen LogP contribution in [0.5, 0.6) is 5.75 Å². The third kappa shape index (κ3) is 5.89. The summed E-state index contributed by atoms with van der Waals surface area (Å²) in [6.07, 6.45) is 2.51. The second-order valence-corrected chi connectivity index (χ2v) is 6.71. The Morgan fingerprint density at radius 2 is 2.08 bits per heavy atom. The van der Waals surface area contributed by atoms with E-state index >= 15 is 0 Å². The van der Waals surface area contributed by atoms with Crippen molar-refractivity contribution in [2.45, 2.75) is 32.2 Å². The van der Waals surface area contributed by atoms with Crippen LogP contribution in [0.3, 0.4) is 0 Å². The zero-order valence-electron chi connectivity index (χ0n) is 14.5. The molecule has 0 saturated heterocycles. The molecule has 128 valence electrons. The van der Waals surface area contributed by atoms with E-state index in [-0.39, 0.29) is 5.91 Å². The molecule has 1 heterocycles. The molecule has 24 heavy (non-hydrogen) atoms. The van der Waals surface area contributed by atoms with Crippen LogP contribution in [-0.2, 0) is 4.79 Å². The van der Waals surface area contributed by atoms with Crippen LogP contribution in [-0.4, -0.2) is 29.8 Å². The van der Waals surface area contributed by atoms with Crippen LogP contribution < -0.4 is 10.1 Å². The summed E-state index contributed by atoms with van der Waals surface area (Å²) in [6.45, 7) is 7.44. The lowest BCUT2D eigenvalue weighted by Crippen LogP contribution is -2.27. The first-order valence-corrected chi connectivity index (χ1v) is 9.06. The highest BCUT2D eigenvalue weighted by Crippen LogP contribution is 2.23. The molecule has 1 aromatic heterocycles. The number of nitrogens with one attached hydrogen (secondary N) is 1. The minimum atomic E-state index is 0.0215. The molecule has 0 atom stereocenters. The molecule has 4 nitrogen and oxygen atoms in total. The van der Waals surface area contributed by atoms with E-state index in [0.29, 0.717) is 18.9 Å². The molecule has 0 unspecified atom stereocenters. The van der Waals surface area contributed by atoms with E-state index in [9.17, 15) is 4.79 Å². The first-order chi connectivity index (χ1) is 11.6. The van der Waals surface area contributed by atoms with Crippen LogP contribution in [0, 0.1) is 20.8 Å². The molecule has 0 aliphatic rings. The SMILES string of the molecule is Cc1cc(C)c(C)c(OCCCNC(=O)CSc2ccccn2)c1. The molecule has 0 radical (unpaired) electrons. The van der Waals surface area contributed by atoms with Crippen LogP contribution in [0.2, 0.25) is 0 Å². The molecule has 0 fully saturated rings. The summed E-state index contributed by atoms with van der Waals surface area (Å²) in [7, 11) is 0. The van der Waals surface area contributed by atoms with E-state index in [1.54, 1.807) is 6.20 Å². The lowest BCUT2D eigenvalue weighted by atomic mass is 10.1. The molecular formula is C19H24N2O2S. The predicted octanol–water partition coefficient (Wildman–Crippen LogP) is 3.68. The Morgan fingerprint density at radius 1 is 1.25 bits per heavy atom. The molecule has 5 heteroatoms. The van der Waals surface area contributed by atoms with E-state index < -0.39 is 0 Å². The second kappa shape index (κ2) is 9.33. The number of aromatic nitrogens is 1. The number of carbonyl (C=O) groups is 1. The van der Waals surface area contributed by atoms with Gasteiger partial charge in [-0.1, -0.05) is 23.9 Å². The zero-order valence-corrected chi connectivity index (χ0v) is 15.3. The van der Waals surface area contributed by atoms with E-state index in [4.69, 9.17) is 4.74 Å². The number of aryl methyl sites for hydroxylation is 2. The van der Waals surface area contributed by atoms with Gasteiger partial charge in [0.1, 0.15) is 5.75 Å². The van der Waals surface area contributed by atoms with Crippen LogP contribution >= 0.6 is 11.8 Å². The molecule has 1 amide bonds. The molecule has 0 spiro atoms. The van der Waals surface area contributed by atoms with E-state index in [1.807, 2.05) is 18.2 Å². The van der Waals surface area contributed by atoms with Gasteiger partial charge in [-0.3, -0.25) is 4.79 Å². The van der Waals surface area contributed by atoms with Gasteiger partial charge in [-0.2, -0.15) is 0 Å². The third-order valence-corrected chi connectivity index (χ3v) is 4.60. The Kier molecular flexibility index (Phi) is 7.12. The van der Waals surface area contributed by atoms with Crippen molar-refractivity contribution >= 4 is 17.7 Å². The van der Waals surface area contributed by atoms with Gasteiger partial charge in [-0.25, -0.2) is 4.98 Å². The molecule has 0 saturated carbocycles. The van der Waals surface area contributed by atoms with Gasteiger partial charge in [0, 0.05) is 12.7 Å². The van der Waals surface area contributed by atoms with Crippen molar-refractivity contribution in [1.82, 2.24) is 10.3 Å².